The number of fused-ring (bicyclic) bond motifs is 3. The number of alkyl halides is 1. The number of aromatic nitrogens is 4. The number of aryl methyl sites for hydroxylation is 3. The van der Waals surface area contributed by atoms with Gasteiger partial charge in [0, 0.05) is 43.3 Å². The summed E-state index contributed by atoms with van der Waals surface area (Å²) in [5, 5.41) is 17.2. The average molecular weight is 653 g/mol. The van der Waals surface area contributed by atoms with Crippen molar-refractivity contribution >= 4 is 63.1 Å². The van der Waals surface area contributed by atoms with E-state index < -0.39 is 11.9 Å². The maximum atomic E-state index is 11.8. The molecular weight excluding hydrogens is 615 g/mol. The summed E-state index contributed by atoms with van der Waals surface area (Å²) in [5.74, 6) is 1.24. The molecule has 6 rings (SSSR count). The Balaban J connectivity index is 0.000000206. The zero-order valence-electron chi connectivity index (χ0n) is 23.5. The first kappa shape index (κ1) is 35.3. The minimum atomic E-state index is -1.46. The second kappa shape index (κ2) is 16.6. The predicted molar refractivity (Wildman–Crippen MR) is 172 cm³/mol. The summed E-state index contributed by atoms with van der Waals surface area (Å²) in [6.07, 6.45) is 9.44. The number of hydrogen-bond acceptors (Lipinski definition) is 10. The van der Waals surface area contributed by atoms with Crippen molar-refractivity contribution in [1.82, 2.24) is 19.4 Å². The van der Waals surface area contributed by atoms with Crippen LogP contribution in [0.2, 0.25) is 0 Å². The fourth-order valence-electron chi connectivity index (χ4n) is 4.12. The number of nitrogen functional groups attached to an aromatic ring is 2. The van der Waals surface area contributed by atoms with E-state index in [4.69, 9.17) is 21.5 Å². The number of pyridine rings is 3. The van der Waals surface area contributed by atoms with Crippen LogP contribution in [-0.2, 0) is 16.0 Å². The van der Waals surface area contributed by atoms with Gasteiger partial charge >= 0.3 is 7.12 Å². The number of Topliss-reactive ketones (excluding diaryl/α,β-unsaturated/α-hetero) is 3. The molecule has 0 saturated heterocycles. The first-order valence-corrected chi connectivity index (χ1v) is 14.3. The summed E-state index contributed by atoms with van der Waals surface area (Å²) in [4.78, 5) is 44.8. The third-order valence-corrected chi connectivity index (χ3v) is 7.39. The SMILES string of the molecule is C.Cc1ccc(N)nc1.Cc1ccc2nc3c(n2c1)C(=O)CCC3.Nc1ccc(B(O)O)cn1.O=C1CCCC(=O)C1Br. The summed E-state index contributed by atoms with van der Waals surface area (Å²) in [6.45, 7) is 4.01. The van der Waals surface area contributed by atoms with Gasteiger partial charge < -0.3 is 21.5 Å². The number of rotatable bonds is 1. The smallest absolute Gasteiger partial charge is 0.423 e. The minimum absolute atomic E-state index is 0. The molecule has 13 heteroatoms. The Hall–Kier alpha value is -3.94. The lowest BCUT2D eigenvalue weighted by Gasteiger charge is -2.12. The lowest BCUT2D eigenvalue weighted by molar-refractivity contribution is -0.128. The molecule has 0 atom stereocenters. The molecule has 0 unspecified atom stereocenters. The zero-order chi connectivity index (χ0) is 30.8. The van der Waals surface area contributed by atoms with Crippen molar-refractivity contribution in [2.45, 2.75) is 64.6 Å². The van der Waals surface area contributed by atoms with Crippen LogP contribution in [-0.4, -0.2) is 58.7 Å². The lowest BCUT2D eigenvalue weighted by atomic mass is 9.82. The molecule has 4 heterocycles. The number of nitrogens with two attached hydrogens (primary N) is 2. The monoisotopic (exact) mass is 652 g/mol. The van der Waals surface area contributed by atoms with Crippen molar-refractivity contribution in [2.24, 2.45) is 0 Å². The van der Waals surface area contributed by atoms with Crippen LogP contribution in [0.25, 0.3) is 5.65 Å². The number of ketones is 3. The second-order valence-electron chi connectivity index (χ2n) is 9.92. The average Bonchev–Trinajstić information content (AvgIpc) is 3.33. The summed E-state index contributed by atoms with van der Waals surface area (Å²) in [6, 6.07) is 10.7. The van der Waals surface area contributed by atoms with Gasteiger partial charge in [-0.3, -0.25) is 18.8 Å². The Morgan fingerprint density at radius 3 is 1.93 bits per heavy atom. The Morgan fingerprint density at radius 2 is 1.42 bits per heavy atom. The fraction of sp³-hybridized carbons (Fsp3) is 0.333. The minimum Gasteiger partial charge on any atom is -0.423 e. The highest BCUT2D eigenvalue weighted by atomic mass is 79.9. The highest BCUT2D eigenvalue weighted by molar-refractivity contribution is 9.10. The van der Waals surface area contributed by atoms with Crippen LogP contribution >= 0.6 is 15.9 Å². The lowest BCUT2D eigenvalue weighted by Crippen LogP contribution is -2.29. The van der Waals surface area contributed by atoms with Crippen LogP contribution < -0.4 is 16.9 Å². The summed E-state index contributed by atoms with van der Waals surface area (Å²) >= 11 is 3.02. The molecule has 6 N–H and O–H groups in total. The fourth-order valence-corrected chi connectivity index (χ4v) is 4.58. The van der Waals surface area contributed by atoms with Crippen LogP contribution in [0, 0.1) is 13.8 Å². The van der Waals surface area contributed by atoms with Gasteiger partial charge in [0.05, 0.1) is 5.69 Å². The number of imidazole rings is 1. The van der Waals surface area contributed by atoms with E-state index in [0.29, 0.717) is 36.4 Å². The Labute approximate surface area is 260 Å². The standard InChI is InChI=1S/C12H12N2O.C6H7BrO2.C6H8N2.C5H7BN2O2.CH4/c1-8-5-6-11-13-9-3-2-4-10(15)12(9)14(11)7-8;7-6-4(8)2-1-3-5(6)9;1-5-2-3-6(7)8-4-5;7-5-2-1-4(3-8-5)6(9)10;/h5-7H,2-4H2,1H3;6H,1-3H2;2-4H,1H3,(H2,7,8);1-3,9-10H,(H2,7,8);1H4. The maximum absolute atomic E-state index is 11.8. The molecule has 0 aliphatic heterocycles. The zero-order valence-corrected chi connectivity index (χ0v) is 25.1. The molecule has 11 nitrogen and oxygen atoms in total. The highest BCUT2D eigenvalue weighted by Gasteiger charge is 2.26. The third kappa shape index (κ3) is 10.4. The Bertz CT molecular complexity index is 1490. The molecule has 4 aromatic heterocycles. The first-order valence-electron chi connectivity index (χ1n) is 13.4. The molecule has 0 bridgehead atoms. The second-order valence-corrected chi connectivity index (χ2v) is 10.8. The third-order valence-electron chi connectivity index (χ3n) is 6.37. The van der Waals surface area contributed by atoms with Crippen molar-refractivity contribution < 1.29 is 24.4 Å². The van der Waals surface area contributed by atoms with Crippen LogP contribution in [0.4, 0.5) is 11.6 Å². The van der Waals surface area contributed by atoms with Gasteiger partial charge in [-0.1, -0.05) is 41.6 Å². The molecule has 228 valence electrons. The molecule has 0 amide bonds. The van der Waals surface area contributed by atoms with Crippen molar-refractivity contribution in [2.75, 3.05) is 11.5 Å². The van der Waals surface area contributed by atoms with Gasteiger partial charge in [-0.25, -0.2) is 15.0 Å². The maximum Gasteiger partial charge on any atom is 0.490 e. The van der Waals surface area contributed by atoms with E-state index in [1.54, 1.807) is 12.3 Å². The van der Waals surface area contributed by atoms with E-state index in [1.165, 1.54) is 18.3 Å². The van der Waals surface area contributed by atoms with Crippen molar-refractivity contribution in [1.29, 1.82) is 0 Å². The first-order chi connectivity index (χ1) is 20.0. The van der Waals surface area contributed by atoms with Gasteiger partial charge in [-0.15, -0.1) is 0 Å². The number of nitrogens with zero attached hydrogens (tertiary/aromatic N) is 4. The van der Waals surface area contributed by atoms with E-state index >= 15 is 0 Å². The molecule has 1 saturated carbocycles. The molecule has 0 spiro atoms. The summed E-state index contributed by atoms with van der Waals surface area (Å²) in [7, 11) is -1.46. The van der Waals surface area contributed by atoms with Gasteiger partial charge in [0.15, 0.2) is 17.3 Å². The van der Waals surface area contributed by atoms with E-state index in [0.717, 1.165) is 47.4 Å². The molecule has 2 aliphatic carbocycles. The topological polar surface area (TPSA) is 187 Å². The largest absolute Gasteiger partial charge is 0.490 e. The number of halogens is 1. The quantitative estimate of drug-likeness (QED) is 0.135. The molecular formula is C30H38BBrN6O5. The van der Waals surface area contributed by atoms with Crippen LogP contribution in [0.15, 0.2) is 55.0 Å². The van der Waals surface area contributed by atoms with Crippen molar-refractivity contribution in [3.63, 3.8) is 0 Å². The van der Waals surface area contributed by atoms with Gasteiger partial charge in [-0.2, -0.15) is 0 Å². The van der Waals surface area contributed by atoms with Crippen LogP contribution in [0.5, 0.6) is 0 Å². The summed E-state index contributed by atoms with van der Waals surface area (Å²) < 4.78 is 1.94. The number of anilines is 2. The highest BCUT2D eigenvalue weighted by Crippen LogP contribution is 2.22. The van der Waals surface area contributed by atoms with Gasteiger partial charge in [0.25, 0.3) is 0 Å². The molecule has 0 aromatic carbocycles. The van der Waals surface area contributed by atoms with Crippen LogP contribution in [0.3, 0.4) is 0 Å². The van der Waals surface area contributed by atoms with E-state index in [9.17, 15) is 14.4 Å². The van der Waals surface area contributed by atoms with E-state index in [2.05, 4.69) is 30.9 Å². The molecule has 0 radical (unpaired) electrons. The Kier molecular flexibility index (Phi) is 13.6. The summed E-state index contributed by atoms with van der Waals surface area (Å²) in [5.41, 5.74) is 15.9. The van der Waals surface area contributed by atoms with Gasteiger partial charge in [0.1, 0.15) is 27.8 Å². The normalized spacial score (nSPS) is 14.1. The van der Waals surface area contributed by atoms with Crippen molar-refractivity contribution in [3.05, 3.63) is 77.5 Å². The number of carbonyl (C=O) groups excluding carboxylic acids is 3. The molecule has 1 fully saturated rings. The van der Waals surface area contributed by atoms with Gasteiger partial charge in [-0.05, 0) is 62.4 Å². The Morgan fingerprint density at radius 1 is 0.837 bits per heavy atom. The number of hydrogen-bond donors (Lipinski definition) is 4. The molecule has 2 aliphatic rings. The predicted octanol–water partition coefficient (Wildman–Crippen LogP) is 3.19. The van der Waals surface area contributed by atoms with E-state index in [-0.39, 0.29) is 24.8 Å². The molecule has 43 heavy (non-hydrogen) atoms. The number of carbonyl (C=O) groups is 3. The van der Waals surface area contributed by atoms with E-state index in [1.807, 2.05) is 42.6 Å². The molecule has 4 aromatic rings. The van der Waals surface area contributed by atoms with Crippen LogP contribution in [0.1, 0.15) is 66.8 Å². The van der Waals surface area contributed by atoms with Gasteiger partial charge in [0.2, 0.25) is 0 Å². The van der Waals surface area contributed by atoms with Crippen molar-refractivity contribution in [3.8, 4) is 0 Å².